The van der Waals surface area contributed by atoms with Crippen molar-refractivity contribution in [2.45, 2.75) is 13.5 Å². The largest absolute Gasteiger partial charge is 0.492 e. The van der Waals surface area contributed by atoms with Gasteiger partial charge in [-0.1, -0.05) is 48.5 Å². The van der Waals surface area contributed by atoms with Crippen LogP contribution >= 0.6 is 0 Å². The molecule has 2 aromatic carbocycles. The zero-order valence-electron chi connectivity index (χ0n) is 14.8. The number of hydrogen-bond donors (Lipinski definition) is 2. The van der Waals surface area contributed by atoms with Crippen molar-refractivity contribution in [2.24, 2.45) is 0 Å². The van der Waals surface area contributed by atoms with E-state index in [2.05, 4.69) is 0 Å². The van der Waals surface area contributed by atoms with Crippen molar-refractivity contribution in [1.29, 1.82) is 0 Å². The fraction of sp³-hybridized carbons (Fsp3) is 0.143. The lowest BCUT2D eigenvalue weighted by Gasteiger charge is -2.11. The molecule has 0 saturated heterocycles. The molecule has 0 spiro atoms. The van der Waals surface area contributed by atoms with Crippen LogP contribution in [-0.2, 0) is 6.54 Å². The minimum absolute atomic E-state index is 0.00156. The van der Waals surface area contributed by atoms with E-state index in [4.69, 9.17) is 4.74 Å². The highest BCUT2D eigenvalue weighted by molar-refractivity contribution is 6.05. The van der Waals surface area contributed by atoms with Crippen molar-refractivity contribution < 1.29 is 24.5 Å². The maximum Gasteiger partial charge on any atom is 0.353 e. The van der Waals surface area contributed by atoms with E-state index < -0.39 is 11.9 Å². The van der Waals surface area contributed by atoms with Gasteiger partial charge in [0.2, 0.25) is 0 Å². The molecule has 1 aromatic heterocycles. The third-order valence-electron chi connectivity index (χ3n) is 4.33. The van der Waals surface area contributed by atoms with E-state index in [-0.39, 0.29) is 30.0 Å². The predicted molar refractivity (Wildman–Crippen MR) is 100 cm³/mol. The molecule has 0 amide bonds. The van der Waals surface area contributed by atoms with Crippen LogP contribution in [0, 0.1) is 6.92 Å². The van der Waals surface area contributed by atoms with Gasteiger partial charge in [0.05, 0.1) is 12.1 Å². The van der Waals surface area contributed by atoms with Crippen LogP contribution in [0.2, 0.25) is 0 Å². The molecule has 0 unspecified atom stereocenters. The lowest BCUT2D eigenvalue weighted by atomic mass is 10.0. The van der Waals surface area contributed by atoms with Crippen LogP contribution in [0.25, 0.3) is 11.1 Å². The second-order valence-corrected chi connectivity index (χ2v) is 5.97. The number of aromatic nitrogens is 1. The maximum atomic E-state index is 12.0. The number of carboxylic acid groups (broad SMARTS) is 2. The number of carboxylic acids is 2. The highest BCUT2D eigenvalue weighted by Gasteiger charge is 2.29. The summed E-state index contributed by atoms with van der Waals surface area (Å²) in [5.41, 5.74) is 1.10. The molecule has 0 aliphatic rings. The van der Waals surface area contributed by atoms with Gasteiger partial charge in [0.25, 0.3) is 0 Å². The average Bonchev–Trinajstić information content (AvgIpc) is 2.96. The zero-order chi connectivity index (χ0) is 19.4. The number of para-hydroxylation sites is 1. The standard InChI is InChI=1S/C21H19NO5/c1-14-17(20(23)24)18(15-8-4-2-5-9-15)19(21(25)26)22(14)12-13-27-16-10-6-3-7-11-16/h2-11H,12-13H2,1H3,(H,23,24)(H,25,26). The van der Waals surface area contributed by atoms with E-state index in [0.29, 0.717) is 17.0 Å². The van der Waals surface area contributed by atoms with Gasteiger partial charge >= 0.3 is 11.9 Å². The molecular weight excluding hydrogens is 346 g/mol. The van der Waals surface area contributed by atoms with E-state index in [9.17, 15) is 19.8 Å². The zero-order valence-corrected chi connectivity index (χ0v) is 14.8. The normalized spacial score (nSPS) is 10.6. The first-order chi connectivity index (χ1) is 13.0. The van der Waals surface area contributed by atoms with E-state index >= 15 is 0 Å². The number of nitrogens with zero attached hydrogens (tertiary/aromatic N) is 1. The quantitative estimate of drug-likeness (QED) is 0.662. The summed E-state index contributed by atoms with van der Waals surface area (Å²) in [5, 5.41) is 19.5. The van der Waals surface area contributed by atoms with Crippen LogP contribution in [0.1, 0.15) is 26.5 Å². The summed E-state index contributed by atoms with van der Waals surface area (Å²) in [5.74, 6) is -1.67. The van der Waals surface area contributed by atoms with Gasteiger partial charge in [-0.2, -0.15) is 0 Å². The van der Waals surface area contributed by atoms with Crippen molar-refractivity contribution in [1.82, 2.24) is 4.57 Å². The Morgan fingerprint density at radius 2 is 1.52 bits per heavy atom. The first-order valence-electron chi connectivity index (χ1n) is 8.43. The van der Waals surface area contributed by atoms with Crippen LogP contribution in [0.4, 0.5) is 0 Å². The van der Waals surface area contributed by atoms with Crippen LogP contribution < -0.4 is 4.74 Å². The Labute approximate surface area is 156 Å². The third-order valence-corrected chi connectivity index (χ3v) is 4.33. The minimum Gasteiger partial charge on any atom is -0.492 e. The molecule has 6 nitrogen and oxygen atoms in total. The third kappa shape index (κ3) is 3.69. The van der Waals surface area contributed by atoms with E-state index in [1.54, 1.807) is 49.4 Å². The summed E-state index contributed by atoms with van der Waals surface area (Å²) >= 11 is 0. The average molecular weight is 365 g/mol. The molecule has 0 aliphatic heterocycles. The highest BCUT2D eigenvalue weighted by Crippen LogP contribution is 2.33. The lowest BCUT2D eigenvalue weighted by molar-refractivity contribution is 0.0680. The Bertz CT molecular complexity index is 961. The van der Waals surface area contributed by atoms with Gasteiger partial charge in [0.1, 0.15) is 18.1 Å². The summed E-state index contributed by atoms with van der Waals surface area (Å²) in [6, 6.07) is 17.9. The number of carbonyl (C=O) groups is 2. The Balaban J connectivity index is 2.03. The molecule has 0 atom stereocenters. The molecule has 3 rings (SSSR count). The summed E-state index contributed by atoms with van der Waals surface area (Å²) in [4.78, 5) is 23.8. The fourth-order valence-electron chi connectivity index (χ4n) is 3.16. The van der Waals surface area contributed by atoms with Gasteiger partial charge in [0.15, 0.2) is 0 Å². The second-order valence-electron chi connectivity index (χ2n) is 5.97. The number of hydrogen-bond acceptors (Lipinski definition) is 3. The molecule has 0 bridgehead atoms. The minimum atomic E-state index is -1.18. The summed E-state index contributed by atoms with van der Waals surface area (Å²) < 4.78 is 7.15. The van der Waals surface area contributed by atoms with Crippen molar-refractivity contribution in [3.63, 3.8) is 0 Å². The van der Waals surface area contributed by atoms with Crippen LogP contribution in [0.15, 0.2) is 60.7 Å². The van der Waals surface area contributed by atoms with Crippen molar-refractivity contribution >= 4 is 11.9 Å². The van der Waals surface area contributed by atoms with Gasteiger partial charge < -0.3 is 19.5 Å². The molecule has 0 radical (unpaired) electrons. The molecule has 1 heterocycles. The lowest BCUT2D eigenvalue weighted by Crippen LogP contribution is -2.15. The summed E-state index contributed by atoms with van der Waals surface area (Å²) in [6.07, 6.45) is 0. The molecule has 2 N–H and O–H groups in total. The molecule has 27 heavy (non-hydrogen) atoms. The molecular formula is C21H19NO5. The van der Waals surface area contributed by atoms with Crippen molar-refractivity contribution in [3.8, 4) is 16.9 Å². The van der Waals surface area contributed by atoms with Crippen LogP contribution in [0.5, 0.6) is 5.75 Å². The summed E-state index contributed by atoms with van der Waals surface area (Å²) in [7, 11) is 0. The number of aromatic carboxylic acids is 2. The number of rotatable bonds is 7. The van der Waals surface area contributed by atoms with Gasteiger partial charge in [-0.3, -0.25) is 0 Å². The van der Waals surface area contributed by atoms with Gasteiger partial charge in [0, 0.05) is 11.3 Å². The SMILES string of the molecule is Cc1c(C(=O)O)c(-c2ccccc2)c(C(=O)O)n1CCOc1ccccc1. The van der Waals surface area contributed by atoms with Crippen LogP contribution in [-0.4, -0.2) is 33.3 Å². The van der Waals surface area contributed by atoms with Crippen molar-refractivity contribution in [2.75, 3.05) is 6.61 Å². The van der Waals surface area contributed by atoms with Gasteiger partial charge in [-0.05, 0) is 24.6 Å². The monoisotopic (exact) mass is 365 g/mol. The van der Waals surface area contributed by atoms with Crippen molar-refractivity contribution in [3.05, 3.63) is 77.6 Å². The second kappa shape index (κ2) is 7.78. The van der Waals surface area contributed by atoms with E-state index in [1.165, 1.54) is 4.57 Å². The van der Waals surface area contributed by atoms with Gasteiger partial charge in [-0.15, -0.1) is 0 Å². The number of ether oxygens (including phenoxy) is 1. The highest BCUT2D eigenvalue weighted by atomic mass is 16.5. The maximum absolute atomic E-state index is 12.0. The Morgan fingerprint density at radius 3 is 2.07 bits per heavy atom. The smallest absolute Gasteiger partial charge is 0.353 e. The van der Waals surface area contributed by atoms with E-state index in [1.807, 2.05) is 18.2 Å². The molecule has 138 valence electrons. The van der Waals surface area contributed by atoms with E-state index in [0.717, 1.165) is 0 Å². The number of benzene rings is 2. The van der Waals surface area contributed by atoms with Crippen LogP contribution in [0.3, 0.4) is 0 Å². The topological polar surface area (TPSA) is 88.8 Å². The Morgan fingerprint density at radius 1 is 0.926 bits per heavy atom. The molecule has 0 fully saturated rings. The molecule has 3 aromatic rings. The Kier molecular flexibility index (Phi) is 5.26. The molecule has 0 aliphatic carbocycles. The Hall–Kier alpha value is -3.54. The predicted octanol–water partition coefficient (Wildman–Crippen LogP) is 3.94. The fourth-order valence-corrected chi connectivity index (χ4v) is 3.16. The first kappa shape index (κ1) is 18.3. The first-order valence-corrected chi connectivity index (χ1v) is 8.43. The molecule has 0 saturated carbocycles. The molecule has 6 heteroatoms. The van der Waals surface area contributed by atoms with Gasteiger partial charge in [-0.25, -0.2) is 9.59 Å². The summed E-state index contributed by atoms with van der Waals surface area (Å²) in [6.45, 7) is 2.05.